The summed E-state index contributed by atoms with van der Waals surface area (Å²) in [5, 5.41) is 3.61. The number of aromatic nitrogens is 2. The molecule has 1 aromatic heterocycles. The lowest BCUT2D eigenvalue weighted by atomic mass is 10.3. The molecular formula is C15H26N4O. The number of ether oxygens (including phenoxy) is 1. The second kappa shape index (κ2) is 6.59. The predicted octanol–water partition coefficient (Wildman–Crippen LogP) is 1.96. The molecule has 0 amide bonds. The molecule has 112 valence electrons. The summed E-state index contributed by atoms with van der Waals surface area (Å²) < 4.78 is 7.60. The van der Waals surface area contributed by atoms with E-state index in [-0.39, 0.29) is 0 Å². The zero-order chi connectivity index (χ0) is 13.8. The van der Waals surface area contributed by atoms with E-state index in [9.17, 15) is 0 Å². The van der Waals surface area contributed by atoms with Gasteiger partial charge in [0.1, 0.15) is 0 Å². The highest BCUT2D eigenvalue weighted by molar-refractivity contribution is 5.28. The Morgan fingerprint density at radius 2 is 2.30 bits per heavy atom. The maximum atomic E-state index is 5.39. The molecule has 1 saturated heterocycles. The monoisotopic (exact) mass is 278 g/mol. The number of aryl methyl sites for hydroxylation is 1. The Hall–Kier alpha value is -1.07. The predicted molar refractivity (Wildman–Crippen MR) is 80.0 cm³/mol. The van der Waals surface area contributed by atoms with Crippen LogP contribution in [0.3, 0.4) is 0 Å². The van der Waals surface area contributed by atoms with E-state index >= 15 is 0 Å². The summed E-state index contributed by atoms with van der Waals surface area (Å²) in [5.74, 6) is 1.02. The molecule has 1 aliphatic heterocycles. The molecule has 1 saturated carbocycles. The van der Waals surface area contributed by atoms with Gasteiger partial charge in [-0.2, -0.15) is 0 Å². The summed E-state index contributed by atoms with van der Waals surface area (Å²) in [5.41, 5.74) is 0. The number of rotatable bonds is 8. The summed E-state index contributed by atoms with van der Waals surface area (Å²) >= 11 is 0. The SMILES string of the molecule is CCOCCCn1ccnc1NC1CCN(C2CC2)C1. The van der Waals surface area contributed by atoms with E-state index in [0.29, 0.717) is 6.04 Å². The first-order valence-corrected chi connectivity index (χ1v) is 7.96. The van der Waals surface area contributed by atoms with Gasteiger partial charge in [0.05, 0.1) is 0 Å². The number of hydrogen-bond acceptors (Lipinski definition) is 4. The Kier molecular flexibility index (Phi) is 4.58. The van der Waals surface area contributed by atoms with Crippen molar-refractivity contribution in [3.8, 4) is 0 Å². The lowest BCUT2D eigenvalue weighted by Gasteiger charge is -2.17. The zero-order valence-electron chi connectivity index (χ0n) is 12.4. The third-order valence-electron chi connectivity index (χ3n) is 4.22. The molecule has 5 nitrogen and oxygen atoms in total. The van der Waals surface area contributed by atoms with E-state index in [1.54, 1.807) is 0 Å². The van der Waals surface area contributed by atoms with E-state index in [4.69, 9.17) is 4.74 Å². The first kappa shape index (κ1) is 13.9. The molecule has 1 aromatic rings. The highest BCUT2D eigenvalue weighted by Crippen LogP contribution is 2.30. The highest BCUT2D eigenvalue weighted by atomic mass is 16.5. The van der Waals surface area contributed by atoms with Gasteiger partial charge in [0.25, 0.3) is 0 Å². The first-order chi connectivity index (χ1) is 9.86. The topological polar surface area (TPSA) is 42.3 Å². The fourth-order valence-corrected chi connectivity index (χ4v) is 2.97. The van der Waals surface area contributed by atoms with Crippen LogP contribution in [0, 0.1) is 0 Å². The smallest absolute Gasteiger partial charge is 0.203 e. The molecule has 1 atom stereocenters. The largest absolute Gasteiger partial charge is 0.382 e. The molecule has 2 fully saturated rings. The van der Waals surface area contributed by atoms with Crippen LogP contribution in [-0.4, -0.2) is 52.8 Å². The normalized spacial score (nSPS) is 23.4. The first-order valence-electron chi connectivity index (χ1n) is 7.96. The van der Waals surface area contributed by atoms with Crippen molar-refractivity contribution in [1.29, 1.82) is 0 Å². The fraction of sp³-hybridized carbons (Fsp3) is 0.800. The van der Waals surface area contributed by atoms with Gasteiger partial charge in [-0.1, -0.05) is 0 Å². The minimum Gasteiger partial charge on any atom is -0.382 e. The van der Waals surface area contributed by atoms with Crippen molar-refractivity contribution in [2.24, 2.45) is 0 Å². The number of nitrogens with zero attached hydrogens (tertiary/aromatic N) is 3. The highest BCUT2D eigenvalue weighted by Gasteiger charge is 2.34. The molecule has 1 unspecified atom stereocenters. The number of anilines is 1. The van der Waals surface area contributed by atoms with Crippen molar-refractivity contribution in [1.82, 2.24) is 14.5 Å². The van der Waals surface area contributed by atoms with Crippen LogP contribution in [0.5, 0.6) is 0 Å². The van der Waals surface area contributed by atoms with Crippen LogP contribution >= 0.6 is 0 Å². The molecular weight excluding hydrogens is 252 g/mol. The van der Waals surface area contributed by atoms with E-state index in [1.165, 1.54) is 32.4 Å². The van der Waals surface area contributed by atoms with Gasteiger partial charge in [-0.3, -0.25) is 4.90 Å². The van der Waals surface area contributed by atoms with Gasteiger partial charge in [0, 0.05) is 57.3 Å². The number of likely N-dealkylation sites (tertiary alicyclic amines) is 1. The van der Waals surface area contributed by atoms with Gasteiger partial charge in [-0.25, -0.2) is 4.98 Å². The summed E-state index contributed by atoms with van der Waals surface area (Å²) in [6, 6.07) is 1.44. The van der Waals surface area contributed by atoms with E-state index in [2.05, 4.69) is 26.0 Å². The van der Waals surface area contributed by atoms with Crippen molar-refractivity contribution in [2.45, 2.75) is 51.2 Å². The maximum Gasteiger partial charge on any atom is 0.203 e. The van der Waals surface area contributed by atoms with Gasteiger partial charge < -0.3 is 14.6 Å². The molecule has 2 heterocycles. The Balaban J connectivity index is 1.46. The van der Waals surface area contributed by atoms with Crippen LogP contribution in [0.1, 0.15) is 32.6 Å². The Labute approximate surface area is 121 Å². The third kappa shape index (κ3) is 3.52. The molecule has 20 heavy (non-hydrogen) atoms. The zero-order valence-corrected chi connectivity index (χ0v) is 12.4. The average molecular weight is 278 g/mol. The van der Waals surface area contributed by atoms with E-state index in [0.717, 1.165) is 38.2 Å². The lowest BCUT2D eigenvalue weighted by Crippen LogP contribution is -2.28. The van der Waals surface area contributed by atoms with Crippen molar-refractivity contribution in [2.75, 3.05) is 31.6 Å². The average Bonchev–Trinajstić information content (AvgIpc) is 3.05. The van der Waals surface area contributed by atoms with Gasteiger partial charge >= 0.3 is 0 Å². The van der Waals surface area contributed by atoms with Gasteiger partial charge in [-0.15, -0.1) is 0 Å². The quantitative estimate of drug-likeness (QED) is 0.738. The summed E-state index contributed by atoms with van der Waals surface area (Å²) in [4.78, 5) is 7.08. The minimum absolute atomic E-state index is 0.559. The van der Waals surface area contributed by atoms with Crippen LogP contribution in [0.2, 0.25) is 0 Å². The van der Waals surface area contributed by atoms with E-state index < -0.39 is 0 Å². The molecule has 0 aromatic carbocycles. The summed E-state index contributed by atoms with van der Waals surface area (Å²) in [6.07, 6.45) is 9.02. The Bertz CT molecular complexity index is 416. The van der Waals surface area contributed by atoms with Crippen molar-refractivity contribution in [3.63, 3.8) is 0 Å². The second-order valence-electron chi connectivity index (χ2n) is 5.85. The molecule has 3 rings (SSSR count). The number of nitrogens with one attached hydrogen (secondary N) is 1. The van der Waals surface area contributed by atoms with Gasteiger partial charge in [-0.05, 0) is 32.6 Å². The van der Waals surface area contributed by atoms with E-state index in [1.807, 2.05) is 13.1 Å². The fourth-order valence-electron chi connectivity index (χ4n) is 2.97. The molecule has 0 radical (unpaired) electrons. The van der Waals surface area contributed by atoms with Crippen molar-refractivity contribution in [3.05, 3.63) is 12.4 Å². The lowest BCUT2D eigenvalue weighted by molar-refractivity contribution is 0.142. The standard InChI is InChI=1S/C15H26N4O/c1-2-20-11-3-8-18-10-7-16-15(18)17-13-6-9-19(12-13)14-4-5-14/h7,10,13-14H,2-6,8-9,11-12H2,1H3,(H,16,17). The molecule has 1 N–H and O–H groups in total. The molecule has 5 heteroatoms. The van der Waals surface area contributed by atoms with Crippen LogP contribution in [0.25, 0.3) is 0 Å². The molecule has 0 spiro atoms. The molecule has 0 bridgehead atoms. The van der Waals surface area contributed by atoms with Crippen LogP contribution in [0.4, 0.5) is 5.95 Å². The molecule has 2 aliphatic rings. The Morgan fingerprint density at radius 3 is 3.10 bits per heavy atom. The number of hydrogen-bond donors (Lipinski definition) is 1. The maximum absolute atomic E-state index is 5.39. The van der Waals surface area contributed by atoms with Crippen LogP contribution in [0.15, 0.2) is 12.4 Å². The van der Waals surface area contributed by atoms with Crippen molar-refractivity contribution >= 4 is 5.95 Å². The van der Waals surface area contributed by atoms with Gasteiger partial charge in [0.15, 0.2) is 0 Å². The second-order valence-corrected chi connectivity index (χ2v) is 5.85. The van der Waals surface area contributed by atoms with Gasteiger partial charge in [0.2, 0.25) is 5.95 Å². The van der Waals surface area contributed by atoms with Crippen LogP contribution in [-0.2, 0) is 11.3 Å². The summed E-state index contributed by atoms with van der Waals surface area (Å²) in [7, 11) is 0. The molecule has 1 aliphatic carbocycles. The minimum atomic E-state index is 0.559. The Morgan fingerprint density at radius 1 is 1.40 bits per heavy atom. The number of imidazole rings is 1. The summed E-state index contributed by atoms with van der Waals surface area (Å²) in [6.45, 7) is 7.06. The third-order valence-corrected chi connectivity index (χ3v) is 4.22. The van der Waals surface area contributed by atoms with Crippen molar-refractivity contribution < 1.29 is 4.74 Å². The van der Waals surface area contributed by atoms with Crippen LogP contribution < -0.4 is 5.32 Å².